The zero-order chi connectivity index (χ0) is 22.0. The molecule has 1 N–H and O–H groups in total. The third-order valence-electron chi connectivity index (χ3n) is 4.46. The van der Waals surface area contributed by atoms with Crippen LogP contribution in [0, 0.1) is 0 Å². The van der Waals surface area contributed by atoms with Gasteiger partial charge >= 0.3 is 5.69 Å². The zero-order valence-electron chi connectivity index (χ0n) is 15.8. The molecule has 0 saturated heterocycles. The second-order valence-electron chi connectivity index (χ2n) is 6.55. The van der Waals surface area contributed by atoms with Gasteiger partial charge in [-0.25, -0.2) is 4.79 Å². The minimum absolute atomic E-state index is 0.391. The maximum atomic E-state index is 12.6. The van der Waals surface area contributed by atoms with Crippen LogP contribution in [0.25, 0.3) is 10.9 Å². The molecule has 0 aliphatic rings. The van der Waals surface area contributed by atoms with Gasteiger partial charge in [0, 0.05) is 14.5 Å². The van der Waals surface area contributed by atoms with E-state index in [0.717, 1.165) is 23.7 Å². The van der Waals surface area contributed by atoms with E-state index in [0.29, 0.717) is 28.8 Å². The van der Waals surface area contributed by atoms with Crippen molar-refractivity contribution in [2.75, 3.05) is 0 Å². The first kappa shape index (κ1) is 21.7. The predicted octanol–water partition coefficient (Wildman–Crippen LogP) is 5.44. The molecule has 31 heavy (non-hydrogen) atoms. The van der Waals surface area contributed by atoms with Crippen LogP contribution in [0.15, 0.2) is 88.8 Å². The normalized spacial score (nSPS) is 11.3. The molecule has 0 saturated carbocycles. The maximum absolute atomic E-state index is 12.6. The fourth-order valence-electron chi connectivity index (χ4n) is 2.89. The minimum Gasteiger partial charge on any atom is -0.488 e. The summed E-state index contributed by atoms with van der Waals surface area (Å²) in [5.74, 6) is 0.660. The van der Waals surface area contributed by atoms with Crippen LogP contribution in [-0.4, -0.2) is 15.9 Å². The van der Waals surface area contributed by atoms with Crippen LogP contribution in [0.2, 0.25) is 0 Å². The number of nitrogens with zero attached hydrogens (tertiary/aromatic N) is 2. The smallest absolute Gasteiger partial charge is 0.349 e. The van der Waals surface area contributed by atoms with Crippen molar-refractivity contribution in [2.24, 2.45) is 5.10 Å². The van der Waals surface area contributed by atoms with Crippen molar-refractivity contribution in [2.45, 2.75) is 6.61 Å². The summed E-state index contributed by atoms with van der Waals surface area (Å²) in [5.41, 5.74) is 1.11. The number of H-pyrrole nitrogens is 1. The lowest BCUT2D eigenvalue weighted by Crippen LogP contribution is -2.32. The summed E-state index contributed by atoms with van der Waals surface area (Å²) in [6.45, 7) is 0.391. The summed E-state index contributed by atoms with van der Waals surface area (Å²) in [6.07, 6.45) is 1.45. The largest absolute Gasteiger partial charge is 0.488 e. The molecule has 3 aromatic carbocycles. The van der Waals surface area contributed by atoms with Gasteiger partial charge in [0.05, 0.1) is 21.6 Å². The standard InChI is InChI=1S/C22H14Br3N3O3/c23-15-7-6-14(17(24)10-15)12-31-20-8-5-13(9-18(20)25)11-26-28-21(29)16-3-1-2-4-19(16)27-22(28)30/h1-11H,12H2,(H,27,30). The summed E-state index contributed by atoms with van der Waals surface area (Å²) in [4.78, 5) is 27.4. The number of benzene rings is 3. The van der Waals surface area contributed by atoms with Crippen molar-refractivity contribution in [1.29, 1.82) is 0 Å². The van der Waals surface area contributed by atoms with E-state index >= 15 is 0 Å². The van der Waals surface area contributed by atoms with Crippen LogP contribution in [0.1, 0.15) is 11.1 Å². The molecule has 0 aliphatic carbocycles. The Morgan fingerprint density at radius 1 is 0.968 bits per heavy atom. The molecule has 4 rings (SSSR count). The molecule has 0 bridgehead atoms. The number of rotatable bonds is 5. The van der Waals surface area contributed by atoms with Gasteiger partial charge in [-0.1, -0.05) is 50.1 Å². The fourth-order valence-corrected chi connectivity index (χ4v) is 4.56. The molecule has 1 heterocycles. The Bertz CT molecular complexity index is 1430. The quantitative estimate of drug-likeness (QED) is 0.307. The number of para-hydroxylation sites is 1. The van der Waals surface area contributed by atoms with Crippen LogP contribution < -0.4 is 16.0 Å². The van der Waals surface area contributed by atoms with Gasteiger partial charge in [-0.2, -0.15) is 5.10 Å². The predicted molar refractivity (Wildman–Crippen MR) is 132 cm³/mol. The number of hydrogen-bond donors (Lipinski definition) is 1. The van der Waals surface area contributed by atoms with E-state index in [9.17, 15) is 9.59 Å². The number of halogens is 3. The van der Waals surface area contributed by atoms with E-state index in [4.69, 9.17) is 4.74 Å². The van der Waals surface area contributed by atoms with E-state index < -0.39 is 11.2 Å². The highest BCUT2D eigenvalue weighted by Crippen LogP contribution is 2.28. The summed E-state index contributed by atoms with van der Waals surface area (Å²) in [6, 6.07) is 18.1. The molecule has 0 radical (unpaired) electrons. The van der Waals surface area contributed by atoms with Gasteiger partial charge in [0.2, 0.25) is 0 Å². The minimum atomic E-state index is -0.598. The highest BCUT2D eigenvalue weighted by Gasteiger charge is 2.07. The van der Waals surface area contributed by atoms with Crippen LogP contribution >= 0.6 is 47.8 Å². The van der Waals surface area contributed by atoms with Crippen molar-refractivity contribution >= 4 is 64.9 Å². The summed E-state index contributed by atoms with van der Waals surface area (Å²) in [7, 11) is 0. The highest BCUT2D eigenvalue weighted by atomic mass is 79.9. The average molecular weight is 608 g/mol. The molecular weight excluding hydrogens is 594 g/mol. The molecule has 0 amide bonds. The first-order valence-electron chi connectivity index (χ1n) is 9.07. The molecule has 4 aromatic rings. The second-order valence-corrected chi connectivity index (χ2v) is 9.18. The molecule has 1 aromatic heterocycles. The van der Waals surface area contributed by atoms with Crippen molar-refractivity contribution in [3.05, 3.63) is 106 Å². The molecular formula is C22H14Br3N3O3. The van der Waals surface area contributed by atoms with Gasteiger partial charge in [0.25, 0.3) is 5.56 Å². The van der Waals surface area contributed by atoms with E-state index in [2.05, 4.69) is 57.9 Å². The van der Waals surface area contributed by atoms with E-state index in [-0.39, 0.29) is 0 Å². The van der Waals surface area contributed by atoms with Crippen molar-refractivity contribution in [1.82, 2.24) is 9.66 Å². The first-order valence-corrected chi connectivity index (χ1v) is 11.4. The van der Waals surface area contributed by atoms with Crippen LogP contribution in [-0.2, 0) is 6.61 Å². The third kappa shape index (κ3) is 4.89. The molecule has 9 heteroatoms. The lowest BCUT2D eigenvalue weighted by atomic mass is 10.2. The van der Waals surface area contributed by atoms with Crippen molar-refractivity contribution in [3.63, 3.8) is 0 Å². The molecule has 0 unspecified atom stereocenters. The highest BCUT2D eigenvalue weighted by molar-refractivity contribution is 9.11. The van der Waals surface area contributed by atoms with Gasteiger partial charge in [0.1, 0.15) is 12.4 Å². The number of nitrogens with one attached hydrogen (secondary N) is 1. The molecule has 0 fully saturated rings. The lowest BCUT2D eigenvalue weighted by Gasteiger charge is -2.10. The Balaban J connectivity index is 1.55. The third-order valence-corrected chi connectivity index (χ3v) is 6.31. The number of fused-ring (bicyclic) bond motifs is 1. The Hall–Kier alpha value is -2.49. The van der Waals surface area contributed by atoms with Gasteiger partial charge in [-0.3, -0.25) is 4.79 Å². The van der Waals surface area contributed by atoms with Gasteiger partial charge in [-0.15, -0.1) is 4.68 Å². The Morgan fingerprint density at radius 2 is 1.77 bits per heavy atom. The van der Waals surface area contributed by atoms with E-state index in [1.54, 1.807) is 42.5 Å². The van der Waals surface area contributed by atoms with Crippen LogP contribution in [0.5, 0.6) is 5.75 Å². The number of hydrogen-bond acceptors (Lipinski definition) is 4. The Morgan fingerprint density at radius 3 is 2.55 bits per heavy atom. The van der Waals surface area contributed by atoms with E-state index in [1.165, 1.54) is 6.21 Å². The van der Waals surface area contributed by atoms with Gasteiger partial charge < -0.3 is 9.72 Å². The molecule has 0 atom stereocenters. The molecule has 0 aliphatic heterocycles. The average Bonchev–Trinajstić information content (AvgIpc) is 2.74. The SMILES string of the molecule is O=c1[nH]c2ccccc2c(=O)n1N=Cc1ccc(OCc2ccc(Br)cc2Br)c(Br)c1. The molecule has 6 nitrogen and oxygen atoms in total. The molecule has 156 valence electrons. The molecule has 0 spiro atoms. The van der Waals surface area contributed by atoms with E-state index in [1.807, 2.05) is 18.2 Å². The zero-order valence-corrected chi connectivity index (χ0v) is 20.6. The van der Waals surface area contributed by atoms with Crippen molar-refractivity contribution in [3.8, 4) is 5.75 Å². The number of aromatic nitrogens is 2. The number of ether oxygens (including phenoxy) is 1. The lowest BCUT2D eigenvalue weighted by molar-refractivity contribution is 0.303. The summed E-state index contributed by atoms with van der Waals surface area (Å²) < 4.78 is 9.37. The first-order chi connectivity index (χ1) is 14.9. The second kappa shape index (κ2) is 9.33. The number of aromatic amines is 1. The Labute approximate surface area is 202 Å². The van der Waals surface area contributed by atoms with Crippen LogP contribution in [0.4, 0.5) is 0 Å². The summed E-state index contributed by atoms with van der Waals surface area (Å²) >= 11 is 10.5. The topological polar surface area (TPSA) is 76.5 Å². The van der Waals surface area contributed by atoms with Crippen molar-refractivity contribution < 1.29 is 4.74 Å². The fraction of sp³-hybridized carbons (Fsp3) is 0.0455. The van der Waals surface area contributed by atoms with Gasteiger partial charge in [0.15, 0.2) is 0 Å². The maximum Gasteiger partial charge on any atom is 0.349 e. The monoisotopic (exact) mass is 605 g/mol. The Kier molecular flexibility index (Phi) is 6.54. The van der Waals surface area contributed by atoms with Crippen LogP contribution in [0.3, 0.4) is 0 Å². The summed E-state index contributed by atoms with van der Waals surface area (Å²) in [5, 5.41) is 4.46. The van der Waals surface area contributed by atoms with Gasteiger partial charge in [-0.05, 0) is 64.0 Å².